The molecule has 0 aromatic heterocycles. The van der Waals surface area contributed by atoms with Crippen LogP contribution in [0.25, 0.3) is 0 Å². The number of rotatable bonds is 4. The Morgan fingerprint density at radius 2 is 2.10 bits per heavy atom. The van der Waals surface area contributed by atoms with Crippen LogP contribution in [0, 0.1) is 6.92 Å². The summed E-state index contributed by atoms with van der Waals surface area (Å²) >= 11 is 6.41. The van der Waals surface area contributed by atoms with Gasteiger partial charge in [-0.25, -0.2) is 0 Å². The van der Waals surface area contributed by atoms with Crippen molar-refractivity contribution >= 4 is 11.6 Å². The van der Waals surface area contributed by atoms with Gasteiger partial charge in [-0.2, -0.15) is 0 Å². The molecule has 1 aliphatic rings. The molecule has 1 fully saturated rings. The monoisotopic (exact) mass is 309 g/mol. The highest BCUT2D eigenvalue weighted by atomic mass is 35.5. The normalized spacial score (nSPS) is 23.0. The Kier molecular flexibility index (Phi) is 6.06. The second kappa shape index (κ2) is 7.59. The van der Waals surface area contributed by atoms with E-state index in [-0.39, 0.29) is 0 Å². The van der Waals surface area contributed by atoms with Crippen molar-refractivity contribution in [3.8, 4) is 0 Å². The third-order valence-electron chi connectivity index (χ3n) is 4.60. The van der Waals surface area contributed by atoms with Gasteiger partial charge in [0.25, 0.3) is 0 Å². The van der Waals surface area contributed by atoms with E-state index in [1.807, 2.05) is 0 Å². The third kappa shape index (κ3) is 4.43. The zero-order valence-electron chi connectivity index (χ0n) is 13.7. The average molecular weight is 310 g/mol. The molecule has 0 saturated carbocycles. The summed E-state index contributed by atoms with van der Waals surface area (Å²) in [6.45, 7) is 5.53. The van der Waals surface area contributed by atoms with Crippen LogP contribution in [0.5, 0.6) is 0 Å². The summed E-state index contributed by atoms with van der Waals surface area (Å²) in [4.78, 5) is 4.93. The predicted octanol–water partition coefficient (Wildman–Crippen LogP) is 2.41. The lowest BCUT2D eigenvalue weighted by molar-refractivity contribution is 0.181. The number of hydrogen-bond donors (Lipinski definition) is 1. The molecule has 2 rings (SSSR count). The summed E-state index contributed by atoms with van der Waals surface area (Å²) in [5.41, 5.74) is 2.46. The standard InChI is InChI=1S/C17H28ClN3/c1-13-6-7-14(15(18)10-13)11-16(19-2)17-12-20(3)8-5-9-21(17)4/h6-7,10,16-17,19H,5,8-9,11-12H2,1-4H3. The summed E-state index contributed by atoms with van der Waals surface area (Å²) < 4.78 is 0. The number of aryl methyl sites for hydroxylation is 1. The lowest BCUT2D eigenvalue weighted by atomic mass is 9.97. The van der Waals surface area contributed by atoms with Gasteiger partial charge in [0.15, 0.2) is 0 Å². The molecule has 0 amide bonds. The van der Waals surface area contributed by atoms with Crippen LogP contribution >= 0.6 is 11.6 Å². The van der Waals surface area contributed by atoms with Crippen LogP contribution < -0.4 is 5.32 Å². The van der Waals surface area contributed by atoms with Gasteiger partial charge in [-0.05, 0) is 71.2 Å². The van der Waals surface area contributed by atoms with Crippen molar-refractivity contribution in [2.45, 2.75) is 31.8 Å². The molecule has 1 aliphatic heterocycles. The van der Waals surface area contributed by atoms with E-state index in [9.17, 15) is 0 Å². The molecule has 1 aromatic rings. The lowest BCUT2D eigenvalue weighted by Crippen LogP contribution is -2.52. The number of nitrogens with one attached hydrogen (secondary N) is 1. The summed E-state index contributed by atoms with van der Waals surface area (Å²) in [6.07, 6.45) is 2.21. The molecule has 1 N–H and O–H groups in total. The van der Waals surface area contributed by atoms with E-state index in [0.717, 1.165) is 24.5 Å². The molecule has 0 aliphatic carbocycles. The molecule has 0 spiro atoms. The average Bonchev–Trinajstić information content (AvgIpc) is 2.60. The highest BCUT2D eigenvalue weighted by Crippen LogP contribution is 2.21. The largest absolute Gasteiger partial charge is 0.315 e. The SMILES string of the molecule is CNC(Cc1ccc(C)cc1Cl)C1CN(C)CCCN1C. The van der Waals surface area contributed by atoms with Crippen molar-refractivity contribution in [2.75, 3.05) is 40.8 Å². The Morgan fingerprint density at radius 3 is 2.76 bits per heavy atom. The highest BCUT2D eigenvalue weighted by Gasteiger charge is 2.28. The van der Waals surface area contributed by atoms with E-state index in [4.69, 9.17) is 11.6 Å². The molecule has 3 nitrogen and oxygen atoms in total. The Labute approximate surface area is 134 Å². The van der Waals surface area contributed by atoms with Crippen LogP contribution in [-0.4, -0.2) is 62.7 Å². The minimum absolute atomic E-state index is 0.413. The van der Waals surface area contributed by atoms with Crippen LogP contribution in [0.15, 0.2) is 18.2 Å². The topological polar surface area (TPSA) is 18.5 Å². The molecule has 118 valence electrons. The summed E-state index contributed by atoms with van der Waals surface area (Å²) in [7, 11) is 6.52. The maximum Gasteiger partial charge on any atom is 0.0441 e. The zero-order valence-corrected chi connectivity index (χ0v) is 14.5. The molecule has 1 saturated heterocycles. The molecular formula is C17H28ClN3. The zero-order chi connectivity index (χ0) is 15.4. The van der Waals surface area contributed by atoms with Crippen LogP contribution in [0.1, 0.15) is 17.5 Å². The van der Waals surface area contributed by atoms with Gasteiger partial charge in [0.2, 0.25) is 0 Å². The number of halogens is 1. The van der Waals surface area contributed by atoms with Crippen molar-refractivity contribution in [3.05, 3.63) is 34.3 Å². The van der Waals surface area contributed by atoms with Crippen LogP contribution in [-0.2, 0) is 6.42 Å². The van der Waals surface area contributed by atoms with Crippen LogP contribution in [0.4, 0.5) is 0 Å². The first-order valence-corrected chi connectivity index (χ1v) is 8.20. The van der Waals surface area contributed by atoms with E-state index < -0.39 is 0 Å². The van der Waals surface area contributed by atoms with Gasteiger partial charge in [-0.1, -0.05) is 23.7 Å². The molecule has 1 aromatic carbocycles. The number of nitrogens with zero attached hydrogens (tertiary/aromatic N) is 2. The smallest absolute Gasteiger partial charge is 0.0441 e. The van der Waals surface area contributed by atoms with Gasteiger partial charge >= 0.3 is 0 Å². The van der Waals surface area contributed by atoms with E-state index in [1.54, 1.807) is 0 Å². The predicted molar refractivity (Wildman–Crippen MR) is 91.3 cm³/mol. The molecule has 0 radical (unpaired) electrons. The van der Waals surface area contributed by atoms with Gasteiger partial charge in [-0.15, -0.1) is 0 Å². The fourth-order valence-corrected chi connectivity index (χ4v) is 3.54. The Morgan fingerprint density at radius 1 is 1.33 bits per heavy atom. The Hall–Kier alpha value is -0.610. The second-order valence-electron chi connectivity index (χ2n) is 6.36. The van der Waals surface area contributed by atoms with Gasteiger partial charge in [0.05, 0.1) is 0 Å². The second-order valence-corrected chi connectivity index (χ2v) is 6.77. The minimum atomic E-state index is 0.413. The molecule has 1 heterocycles. The molecule has 21 heavy (non-hydrogen) atoms. The maximum absolute atomic E-state index is 6.41. The summed E-state index contributed by atoms with van der Waals surface area (Å²) in [6, 6.07) is 7.31. The number of likely N-dealkylation sites (N-methyl/N-ethyl adjacent to an activating group) is 3. The first-order valence-electron chi connectivity index (χ1n) is 7.82. The summed E-state index contributed by atoms with van der Waals surface area (Å²) in [5, 5.41) is 4.40. The number of benzene rings is 1. The first kappa shape index (κ1) is 16.8. The van der Waals surface area contributed by atoms with Gasteiger partial charge in [0, 0.05) is 23.7 Å². The quantitative estimate of drug-likeness (QED) is 0.921. The Balaban J connectivity index is 2.14. The van der Waals surface area contributed by atoms with Crippen molar-refractivity contribution in [3.63, 3.8) is 0 Å². The van der Waals surface area contributed by atoms with Crippen LogP contribution in [0.2, 0.25) is 5.02 Å². The summed E-state index contributed by atoms with van der Waals surface area (Å²) in [5.74, 6) is 0. The lowest BCUT2D eigenvalue weighted by Gasteiger charge is -2.34. The molecule has 2 atom stereocenters. The van der Waals surface area contributed by atoms with E-state index in [1.165, 1.54) is 24.1 Å². The number of hydrogen-bond acceptors (Lipinski definition) is 3. The molecular weight excluding hydrogens is 282 g/mol. The maximum atomic E-state index is 6.41. The molecule has 4 heteroatoms. The van der Waals surface area contributed by atoms with E-state index >= 15 is 0 Å². The molecule has 2 unspecified atom stereocenters. The van der Waals surface area contributed by atoms with Gasteiger partial charge in [0.1, 0.15) is 0 Å². The van der Waals surface area contributed by atoms with Crippen molar-refractivity contribution < 1.29 is 0 Å². The van der Waals surface area contributed by atoms with Crippen molar-refractivity contribution in [1.29, 1.82) is 0 Å². The fourth-order valence-electron chi connectivity index (χ4n) is 3.23. The third-order valence-corrected chi connectivity index (χ3v) is 4.95. The van der Waals surface area contributed by atoms with Gasteiger partial charge in [-0.3, -0.25) is 0 Å². The minimum Gasteiger partial charge on any atom is -0.315 e. The first-order chi connectivity index (χ1) is 10.0. The molecule has 0 bridgehead atoms. The van der Waals surface area contributed by atoms with Crippen molar-refractivity contribution in [1.82, 2.24) is 15.1 Å². The van der Waals surface area contributed by atoms with E-state index in [2.05, 4.69) is 61.4 Å². The highest BCUT2D eigenvalue weighted by molar-refractivity contribution is 6.31. The van der Waals surface area contributed by atoms with Crippen molar-refractivity contribution in [2.24, 2.45) is 0 Å². The van der Waals surface area contributed by atoms with Crippen LogP contribution in [0.3, 0.4) is 0 Å². The Bertz CT molecular complexity index is 463. The fraction of sp³-hybridized carbons (Fsp3) is 0.647. The van der Waals surface area contributed by atoms with E-state index in [0.29, 0.717) is 12.1 Å². The van der Waals surface area contributed by atoms with Gasteiger partial charge < -0.3 is 15.1 Å².